The first-order valence-electron chi connectivity index (χ1n) is 6.53. The molecule has 0 saturated carbocycles. The number of nitrogens with one attached hydrogen (secondary N) is 2. The molecule has 1 aliphatic heterocycles. The largest absolute Gasteiger partial charge is 0.486 e. The van der Waals surface area contributed by atoms with Gasteiger partial charge in [-0.15, -0.1) is 0 Å². The van der Waals surface area contributed by atoms with Gasteiger partial charge in [0.1, 0.15) is 0 Å². The molecular formula is C12H19N3O4S2. The number of thiazole rings is 1. The van der Waals surface area contributed by atoms with Gasteiger partial charge in [-0.05, 0) is 26.7 Å². The highest BCUT2D eigenvalue weighted by Crippen LogP contribution is 2.30. The smallest absolute Gasteiger partial charge is 0.321 e. The highest BCUT2D eigenvalue weighted by Gasteiger charge is 2.41. The van der Waals surface area contributed by atoms with E-state index < -0.39 is 14.6 Å². The van der Waals surface area contributed by atoms with Crippen LogP contribution in [0.2, 0.25) is 0 Å². The van der Waals surface area contributed by atoms with E-state index in [1.165, 1.54) is 24.6 Å². The molecule has 9 heteroatoms. The first kappa shape index (κ1) is 16.0. The van der Waals surface area contributed by atoms with E-state index in [-0.39, 0.29) is 17.8 Å². The number of hydrogen-bond acceptors (Lipinski definition) is 6. The molecule has 21 heavy (non-hydrogen) atoms. The highest BCUT2D eigenvalue weighted by atomic mass is 32.2. The van der Waals surface area contributed by atoms with Gasteiger partial charge in [-0.1, -0.05) is 11.3 Å². The van der Waals surface area contributed by atoms with E-state index in [0.29, 0.717) is 23.0 Å². The second-order valence-electron chi connectivity index (χ2n) is 5.56. The molecule has 0 aromatic carbocycles. The maximum absolute atomic E-state index is 11.9. The van der Waals surface area contributed by atoms with E-state index >= 15 is 0 Å². The van der Waals surface area contributed by atoms with Crippen molar-refractivity contribution in [2.45, 2.75) is 37.5 Å². The molecule has 2 amide bonds. The van der Waals surface area contributed by atoms with Crippen LogP contribution in [-0.4, -0.2) is 43.1 Å². The Kier molecular flexibility index (Phi) is 4.43. The Morgan fingerprint density at radius 2 is 2.24 bits per heavy atom. The number of aromatic nitrogens is 1. The van der Waals surface area contributed by atoms with Gasteiger partial charge in [0, 0.05) is 6.04 Å². The molecule has 1 unspecified atom stereocenters. The molecular weight excluding hydrogens is 314 g/mol. The predicted molar refractivity (Wildman–Crippen MR) is 81.7 cm³/mol. The third-order valence-electron chi connectivity index (χ3n) is 3.56. The Balaban J connectivity index is 1.92. The van der Waals surface area contributed by atoms with Gasteiger partial charge in [0.2, 0.25) is 0 Å². The van der Waals surface area contributed by atoms with Crippen molar-refractivity contribution in [1.29, 1.82) is 0 Å². The molecule has 1 fully saturated rings. The fourth-order valence-corrected chi connectivity index (χ4v) is 4.48. The van der Waals surface area contributed by atoms with Crippen LogP contribution < -0.4 is 15.4 Å². The van der Waals surface area contributed by atoms with Gasteiger partial charge in [0.25, 0.3) is 0 Å². The minimum atomic E-state index is -3.09. The summed E-state index contributed by atoms with van der Waals surface area (Å²) in [5, 5.41) is 6.46. The minimum absolute atomic E-state index is 0.0933. The van der Waals surface area contributed by atoms with Gasteiger partial charge in [-0.2, -0.15) is 0 Å². The maximum atomic E-state index is 11.9. The minimum Gasteiger partial charge on any atom is -0.486 e. The molecule has 7 nitrogen and oxygen atoms in total. The predicted octanol–water partition coefficient (Wildman–Crippen LogP) is 1.63. The summed E-state index contributed by atoms with van der Waals surface area (Å²) in [6.45, 7) is 3.39. The van der Waals surface area contributed by atoms with Gasteiger partial charge in [-0.3, -0.25) is 5.32 Å². The van der Waals surface area contributed by atoms with Crippen LogP contribution in [0.3, 0.4) is 0 Å². The fourth-order valence-electron chi connectivity index (χ4n) is 2.25. The van der Waals surface area contributed by atoms with E-state index in [9.17, 15) is 13.2 Å². The summed E-state index contributed by atoms with van der Waals surface area (Å²) in [7, 11) is -1.56. The zero-order valence-corrected chi connectivity index (χ0v) is 13.8. The zero-order chi connectivity index (χ0) is 15.7. The number of rotatable bonds is 3. The first-order valence-corrected chi connectivity index (χ1v) is 9.00. The number of carbonyl (C=O) groups is 1. The average Bonchev–Trinajstić information content (AvgIpc) is 2.81. The summed E-state index contributed by atoms with van der Waals surface area (Å²) in [4.78, 5) is 15.9. The van der Waals surface area contributed by atoms with Crippen LogP contribution in [-0.2, 0) is 9.84 Å². The van der Waals surface area contributed by atoms with Crippen LogP contribution in [0.25, 0.3) is 0 Å². The summed E-state index contributed by atoms with van der Waals surface area (Å²) in [5.41, 5.74) is 0. The first-order chi connectivity index (χ1) is 9.73. The number of carbonyl (C=O) groups excluding carboxylic acids is 1. The average molecular weight is 333 g/mol. The molecule has 0 radical (unpaired) electrons. The van der Waals surface area contributed by atoms with Crippen LogP contribution >= 0.6 is 11.3 Å². The zero-order valence-electron chi connectivity index (χ0n) is 12.2. The number of methoxy groups -OCH3 is 1. The monoisotopic (exact) mass is 333 g/mol. The van der Waals surface area contributed by atoms with Gasteiger partial charge in [0.05, 0.1) is 23.8 Å². The van der Waals surface area contributed by atoms with Crippen LogP contribution in [0.5, 0.6) is 5.06 Å². The number of ether oxygens (including phenoxy) is 1. The van der Waals surface area contributed by atoms with Crippen molar-refractivity contribution in [2.24, 2.45) is 0 Å². The second-order valence-corrected chi connectivity index (χ2v) is 9.29. The van der Waals surface area contributed by atoms with Crippen molar-refractivity contribution in [1.82, 2.24) is 10.3 Å². The lowest BCUT2D eigenvalue weighted by atomic mass is 10.0. The third kappa shape index (κ3) is 3.65. The van der Waals surface area contributed by atoms with Crippen LogP contribution in [0.1, 0.15) is 26.7 Å². The summed E-state index contributed by atoms with van der Waals surface area (Å²) >= 11 is 1.22. The Morgan fingerprint density at radius 3 is 2.81 bits per heavy atom. The van der Waals surface area contributed by atoms with Crippen LogP contribution in [0, 0.1) is 0 Å². The summed E-state index contributed by atoms with van der Waals surface area (Å²) in [5.74, 6) is 0.0933. The Morgan fingerprint density at radius 1 is 1.52 bits per heavy atom. The van der Waals surface area contributed by atoms with Crippen molar-refractivity contribution in [2.75, 3.05) is 18.2 Å². The molecule has 0 spiro atoms. The lowest BCUT2D eigenvalue weighted by Gasteiger charge is -2.35. The number of amides is 2. The topological polar surface area (TPSA) is 97.4 Å². The quantitative estimate of drug-likeness (QED) is 0.876. The standard InChI is InChI=1S/C12H19N3O4S2/c1-12(2)6-8(4-5-21(12,17)18)14-10(16)15-11-13-7-9(19-3)20-11/h7-8H,4-6H2,1-3H3,(H2,13,14,15,16). The molecule has 0 aliphatic carbocycles. The summed E-state index contributed by atoms with van der Waals surface area (Å²) in [6.07, 6.45) is 2.36. The summed E-state index contributed by atoms with van der Waals surface area (Å²) < 4.78 is 28.0. The molecule has 2 rings (SSSR count). The van der Waals surface area contributed by atoms with Crippen molar-refractivity contribution >= 4 is 32.3 Å². The van der Waals surface area contributed by atoms with E-state index in [4.69, 9.17) is 4.74 Å². The number of sulfone groups is 1. The molecule has 1 aromatic heterocycles. The molecule has 1 aliphatic rings. The van der Waals surface area contributed by atoms with Crippen molar-refractivity contribution in [3.05, 3.63) is 6.20 Å². The Bertz CT molecular complexity index is 624. The van der Waals surface area contributed by atoms with Crippen molar-refractivity contribution in [3.8, 4) is 5.06 Å². The van der Waals surface area contributed by atoms with Gasteiger partial charge < -0.3 is 10.1 Å². The van der Waals surface area contributed by atoms with E-state index in [0.717, 1.165) is 0 Å². The molecule has 1 aromatic rings. The molecule has 118 valence electrons. The lowest BCUT2D eigenvalue weighted by Crippen LogP contribution is -2.50. The number of hydrogen-bond donors (Lipinski definition) is 2. The van der Waals surface area contributed by atoms with Gasteiger partial charge in [-0.25, -0.2) is 18.2 Å². The highest BCUT2D eigenvalue weighted by molar-refractivity contribution is 7.92. The molecule has 1 saturated heterocycles. The fraction of sp³-hybridized carbons (Fsp3) is 0.667. The molecule has 1 atom stereocenters. The number of urea groups is 1. The van der Waals surface area contributed by atoms with Gasteiger partial charge >= 0.3 is 6.03 Å². The normalized spacial score (nSPS) is 23.3. The number of nitrogens with zero attached hydrogens (tertiary/aromatic N) is 1. The Labute approximate surface area is 128 Å². The molecule has 2 N–H and O–H groups in total. The van der Waals surface area contributed by atoms with E-state index in [1.54, 1.807) is 13.8 Å². The third-order valence-corrected chi connectivity index (χ3v) is 7.05. The number of anilines is 1. The Hall–Kier alpha value is -1.35. The van der Waals surface area contributed by atoms with Crippen LogP contribution in [0.4, 0.5) is 9.93 Å². The second kappa shape index (κ2) is 5.80. The SMILES string of the molecule is COc1cnc(NC(=O)NC2CCS(=O)(=O)C(C)(C)C2)s1. The van der Waals surface area contributed by atoms with E-state index in [2.05, 4.69) is 15.6 Å². The van der Waals surface area contributed by atoms with Crippen LogP contribution in [0.15, 0.2) is 6.20 Å². The van der Waals surface area contributed by atoms with Gasteiger partial charge in [0.15, 0.2) is 20.0 Å². The maximum Gasteiger partial charge on any atom is 0.321 e. The molecule has 0 bridgehead atoms. The molecule has 2 heterocycles. The van der Waals surface area contributed by atoms with E-state index in [1.807, 2.05) is 0 Å². The summed E-state index contributed by atoms with van der Waals surface area (Å²) in [6, 6.07) is -0.544. The van der Waals surface area contributed by atoms with Crippen molar-refractivity contribution in [3.63, 3.8) is 0 Å². The van der Waals surface area contributed by atoms with Crippen molar-refractivity contribution < 1.29 is 17.9 Å². The lowest BCUT2D eigenvalue weighted by molar-refractivity contribution is 0.245.